The first-order valence-electron chi connectivity index (χ1n) is 10.5. The molecule has 6 nitrogen and oxygen atoms in total. The molecule has 3 aromatic rings. The smallest absolute Gasteiger partial charge is 0.328 e. The molecule has 0 radical (unpaired) electrons. The summed E-state index contributed by atoms with van der Waals surface area (Å²) in [5, 5.41) is 8.83. The first-order valence-corrected chi connectivity index (χ1v) is 12.0. The number of aryl methyl sites for hydroxylation is 1. The topological polar surface area (TPSA) is 83.9 Å². The average molecular weight is 466 g/mol. The van der Waals surface area contributed by atoms with Crippen molar-refractivity contribution in [2.24, 2.45) is 0 Å². The van der Waals surface area contributed by atoms with Crippen molar-refractivity contribution in [3.8, 4) is 5.75 Å². The summed E-state index contributed by atoms with van der Waals surface area (Å²) in [5.41, 5.74) is 2.96. The Morgan fingerprint density at radius 2 is 1.76 bits per heavy atom. The van der Waals surface area contributed by atoms with Gasteiger partial charge in [-0.3, -0.25) is 4.31 Å². The second-order valence-corrected chi connectivity index (χ2v) is 9.70. The fourth-order valence-corrected chi connectivity index (χ4v) is 5.12. The summed E-state index contributed by atoms with van der Waals surface area (Å²) in [4.78, 5) is 11.0. The lowest BCUT2D eigenvalue weighted by molar-refractivity contribution is -0.131. The maximum atomic E-state index is 13.5. The third kappa shape index (κ3) is 6.02. The number of carbonyl (C=O) groups is 1. The van der Waals surface area contributed by atoms with Crippen molar-refractivity contribution in [3.63, 3.8) is 0 Å². The lowest BCUT2D eigenvalue weighted by Crippen LogP contribution is -2.37. The van der Waals surface area contributed by atoms with Gasteiger partial charge in [-0.15, -0.1) is 0 Å². The number of carboxylic acid groups (broad SMARTS) is 1. The summed E-state index contributed by atoms with van der Waals surface area (Å²) in [7, 11) is -3.81. The summed E-state index contributed by atoms with van der Waals surface area (Å²) in [5.74, 6) is -0.566. The summed E-state index contributed by atoms with van der Waals surface area (Å²) >= 11 is 0. The van der Waals surface area contributed by atoms with Crippen molar-refractivity contribution in [2.75, 3.05) is 4.31 Å². The quantitative estimate of drug-likeness (QED) is 0.435. The third-order valence-corrected chi connectivity index (χ3v) is 6.89. The van der Waals surface area contributed by atoms with Crippen LogP contribution in [0.3, 0.4) is 0 Å². The SMILES string of the molecule is Cc1ccc(N(C(C)C)S(=O)(=O)c2ccccc2)c(OCc2cccc(C=CC(=O)O)c2)c1. The van der Waals surface area contributed by atoms with Gasteiger partial charge in [-0.25, -0.2) is 13.2 Å². The molecular weight excluding hydrogens is 438 g/mol. The van der Waals surface area contributed by atoms with Crippen molar-refractivity contribution in [1.82, 2.24) is 0 Å². The van der Waals surface area contributed by atoms with E-state index in [1.54, 1.807) is 42.5 Å². The molecule has 0 unspecified atom stereocenters. The minimum atomic E-state index is -3.81. The van der Waals surface area contributed by atoms with Crippen molar-refractivity contribution < 1.29 is 23.1 Å². The van der Waals surface area contributed by atoms with Crippen LogP contribution in [0.25, 0.3) is 6.08 Å². The molecule has 1 N–H and O–H groups in total. The number of hydrogen-bond acceptors (Lipinski definition) is 4. The zero-order valence-electron chi connectivity index (χ0n) is 18.8. The molecule has 0 atom stereocenters. The van der Waals surface area contributed by atoms with Gasteiger partial charge in [-0.1, -0.05) is 42.5 Å². The highest BCUT2D eigenvalue weighted by atomic mass is 32.2. The second-order valence-electron chi connectivity index (χ2n) is 7.88. The Morgan fingerprint density at radius 3 is 2.42 bits per heavy atom. The number of nitrogens with zero attached hydrogens (tertiary/aromatic N) is 1. The molecule has 172 valence electrons. The van der Waals surface area contributed by atoms with Crippen molar-refractivity contribution >= 4 is 27.8 Å². The van der Waals surface area contributed by atoms with E-state index in [2.05, 4.69) is 0 Å². The van der Waals surface area contributed by atoms with E-state index in [1.807, 2.05) is 51.1 Å². The largest absolute Gasteiger partial charge is 0.487 e. The molecule has 3 aromatic carbocycles. The number of ether oxygens (including phenoxy) is 1. The van der Waals surface area contributed by atoms with E-state index in [-0.39, 0.29) is 17.5 Å². The molecule has 0 aliphatic carbocycles. The van der Waals surface area contributed by atoms with Crippen LogP contribution < -0.4 is 9.04 Å². The first kappa shape index (κ1) is 24.1. The van der Waals surface area contributed by atoms with Gasteiger partial charge in [0.15, 0.2) is 0 Å². The first-order chi connectivity index (χ1) is 15.7. The van der Waals surface area contributed by atoms with Gasteiger partial charge >= 0.3 is 5.97 Å². The standard InChI is InChI=1S/C26H27NO5S/c1-19(2)27(33(30,31)23-10-5-4-6-11-23)24-14-12-20(3)16-25(24)32-18-22-9-7-8-21(17-22)13-15-26(28)29/h4-17,19H,18H2,1-3H3,(H,28,29). The van der Waals surface area contributed by atoms with Crippen LogP contribution in [0.15, 0.2) is 83.8 Å². The fraction of sp³-hybridized carbons (Fsp3) is 0.192. The zero-order valence-corrected chi connectivity index (χ0v) is 19.6. The van der Waals surface area contributed by atoms with Gasteiger partial charge in [0.1, 0.15) is 12.4 Å². The predicted octanol–water partition coefficient (Wildman–Crippen LogP) is 5.28. The second kappa shape index (κ2) is 10.4. The molecule has 3 rings (SSSR count). The molecule has 0 spiro atoms. The maximum Gasteiger partial charge on any atom is 0.328 e. The lowest BCUT2D eigenvalue weighted by Gasteiger charge is -2.30. The summed E-state index contributed by atoms with van der Waals surface area (Å²) < 4.78 is 34.4. The molecule has 0 saturated heterocycles. The summed E-state index contributed by atoms with van der Waals surface area (Å²) in [6, 6.07) is 20.7. The van der Waals surface area contributed by atoms with E-state index >= 15 is 0 Å². The highest BCUT2D eigenvalue weighted by Crippen LogP contribution is 2.35. The molecular formula is C26H27NO5S. The van der Waals surface area contributed by atoms with Gasteiger partial charge in [-0.2, -0.15) is 0 Å². The van der Waals surface area contributed by atoms with E-state index in [1.165, 1.54) is 10.4 Å². The number of rotatable bonds is 9. The monoisotopic (exact) mass is 465 g/mol. The molecule has 7 heteroatoms. The van der Waals surface area contributed by atoms with Gasteiger partial charge < -0.3 is 9.84 Å². The summed E-state index contributed by atoms with van der Waals surface area (Å²) in [6.45, 7) is 5.76. The number of anilines is 1. The number of aliphatic carboxylic acids is 1. The van der Waals surface area contributed by atoms with Gasteiger partial charge in [-0.05, 0) is 73.9 Å². The Balaban J connectivity index is 1.95. The predicted molar refractivity (Wildman–Crippen MR) is 130 cm³/mol. The number of sulfonamides is 1. The van der Waals surface area contributed by atoms with Crippen molar-refractivity contribution in [2.45, 2.75) is 38.3 Å². The Labute approximate surface area is 194 Å². The van der Waals surface area contributed by atoms with Gasteiger partial charge in [0.25, 0.3) is 10.0 Å². The van der Waals surface area contributed by atoms with Crippen LogP contribution in [0.1, 0.15) is 30.5 Å². The van der Waals surface area contributed by atoms with E-state index < -0.39 is 16.0 Å². The number of hydrogen-bond donors (Lipinski definition) is 1. The Kier molecular flexibility index (Phi) is 7.55. The average Bonchev–Trinajstić information content (AvgIpc) is 2.78. The lowest BCUT2D eigenvalue weighted by atomic mass is 10.1. The minimum absolute atomic E-state index is 0.197. The number of carboxylic acids is 1. The molecule has 0 heterocycles. The van der Waals surface area contributed by atoms with Crippen LogP contribution >= 0.6 is 0 Å². The van der Waals surface area contributed by atoms with E-state index in [0.717, 1.165) is 22.8 Å². The van der Waals surface area contributed by atoms with Gasteiger partial charge in [0.2, 0.25) is 0 Å². The zero-order chi connectivity index (χ0) is 24.0. The Morgan fingerprint density at radius 1 is 1.03 bits per heavy atom. The number of benzene rings is 3. The van der Waals surface area contributed by atoms with Crippen LogP contribution in [0.4, 0.5) is 5.69 Å². The van der Waals surface area contributed by atoms with E-state index in [9.17, 15) is 13.2 Å². The minimum Gasteiger partial charge on any atom is -0.487 e. The maximum absolute atomic E-state index is 13.5. The molecule has 0 aliphatic rings. The van der Waals surface area contributed by atoms with Crippen LogP contribution in [0.5, 0.6) is 5.75 Å². The Bertz CT molecular complexity index is 1250. The summed E-state index contributed by atoms with van der Waals surface area (Å²) in [6.07, 6.45) is 2.59. The van der Waals surface area contributed by atoms with Crippen LogP contribution in [0, 0.1) is 6.92 Å². The third-order valence-electron chi connectivity index (χ3n) is 4.89. The highest BCUT2D eigenvalue weighted by molar-refractivity contribution is 7.92. The van der Waals surface area contributed by atoms with Crippen LogP contribution in [-0.4, -0.2) is 25.5 Å². The van der Waals surface area contributed by atoms with Crippen molar-refractivity contribution in [3.05, 3.63) is 95.6 Å². The molecule has 0 amide bonds. The highest BCUT2D eigenvalue weighted by Gasteiger charge is 2.29. The van der Waals surface area contributed by atoms with Gasteiger partial charge in [0, 0.05) is 12.1 Å². The van der Waals surface area contributed by atoms with Crippen LogP contribution in [-0.2, 0) is 21.4 Å². The van der Waals surface area contributed by atoms with E-state index in [4.69, 9.17) is 9.84 Å². The van der Waals surface area contributed by atoms with Gasteiger partial charge in [0.05, 0.1) is 10.6 Å². The fourth-order valence-electron chi connectivity index (χ4n) is 3.43. The van der Waals surface area contributed by atoms with Crippen molar-refractivity contribution in [1.29, 1.82) is 0 Å². The molecule has 33 heavy (non-hydrogen) atoms. The van der Waals surface area contributed by atoms with Crippen LogP contribution in [0.2, 0.25) is 0 Å². The molecule has 0 saturated carbocycles. The molecule has 0 aromatic heterocycles. The normalized spacial score (nSPS) is 11.6. The Hall–Kier alpha value is -3.58. The molecule has 0 fully saturated rings. The van der Waals surface area contributed by atoms with E-state index in [0.29, 0.717) is 11.4 Å². The molecule has 0 bridgehead atoms. The molecule has 0 aliphatic heterocycles.